The van der Waals surface area contributed by atoms with E-state index in [1.807, 2.05) is 0 Å². The molecular weight excluding hydrogens is 546 g/mol. The van der Waals surface area contributed by atoms with Gasteiger partial charge >= 0.3 is 5.91 Å². The van der Waals surface area contributed by atoms with Crippen LogP contribution in [0.1, 0.15) is 167 Å². The number of hydrogen-bond acceptors (Lipinski definition) is 4. The minimum Gasteiger partial charge on any atom is -0.309 e. The van der Waals surface area contributed by atoms with E-state index in [0.29, 0.717) is 35.9 Å². The molecule has 0 aliphatic carbocycles. The maximum atomic E-state index is 13.7. The summed E-state index contributed by atoms with van der Waals surface area (Å²) >= 11 is 0. The zero-order chi connectivity index (χ0) is 29.9. The Kier molecular flexibility index (Phi) is 28.6. The molecule has 0 spiro atoms. The van der Waals surface area contributed by atoms with E-state index >= 15 is 0 Å². The highest BCUT2D eigenvalue weighted by molar-refractivity contribution is 5.85. The van der Waals surface area contributed by atoms with Gasteiger partial charge in [-0.05, 0) is 33.4 Å². The second-order valence-electron chi connectivity index (χ2n) is 13.2. The summed E-state index contributed by atoms with van der Waals surface area (Å²) < 4.78 is 0.636. The first-order valence-electron chi connectivity index (χ1n) is 17.9. The van der Waals surface area contributed by atoms with Gasteiger partial charge in [0.25, 0.3) is 0 Å². The second kappa shape index (κ2) is 29.0. The molecule has 1 fully saturated rings. The highest BCUT2D eigenvalue weighted by Crippen LogP contribution is 2.31. The van der Waals surface area contributed by atoms with Crippen LogP contribution in [0.4, 0.5) is 0 Å². The zero-order valence-corrected chi connectivity index (χ0v) is 29.0. The SMILES string of the molecule is CCCCCCCCCCCCCCCCCCCCCC(=O)[N+]1(CCCN(C)C)CCCCC1CCONC=O.Cl. The average Bonchev–Trinajstić information content (AvgIpc) is 2.97. The summed E-state index contributed by atoms with van der Waals surface area (Å²) in [5.74, 6) is 0.448. The fourth-order valence-electron chi connectivity index (χ4n) is 6.88. The van der Waals surface area contributed by atoms with Crippen molar-refractivity contribution in [2.45, 2.75) is 173 Å². The Morgan fingerprint density at radius 1 is 0.786 bits per heavy atom. The van der Waals surface area contributed by atoms with Crippen molar-refractivity contribution in [1.82, 2.24) is 10.4 Å². The number of rotatable bonds is 29. The van der Waals surface area contributed by atoms with Gasteiger partial charge in [-0.25, -0.2) is 10.3 Å². The van der Waals surface area contributed by atoms with Crippen LogP contribution in [-0.4, -0.2) is 68.1 Å². The van der Waals surface area contributed by atoms with E-state index in [4.69, 9.17) is 4.84 Å². The molecule has 7 heteroatoms. The van der Waals surface area contributed by atoms with Crippen LogP contribution in [0.3, 0.4) is 0 Å². The number of amides is 2. The monoisotopic (exact) mass is 617 g/mol. The Morgan fingerprint density at radius 2 is 1.29 bits per heavy atom. The van der Waals surface area contributed by atoms with Gasteiger partial charge in [0.05, 0.1) is 32.2 Å². The van der Waals surface area contributed by atoms with E-state index in [1.165, 1.54) is 122 Å². The molecule has 6 nitrogen and oxygen atoms in total. The van der Waals surface area contributed by atoms with Crippen molar-refractivity contribution in [2.24, 2.45) is 0 Å². The molecule has 0 aromatic heterocycles. The molecule has 1 N–H and O–H groups in total. The lowest BCUT2D eigenvalue weighted by Gasteiger charge is -2.46. The molecule has 0 aromatic rings. The number of carbonyl (C=O) groups excluding carboxylic acids is 2. The Bertz CT molecular complexity index is 622. The van der Waals surface area contributed by atoms with Crippen LogP contribution >= 0.6 is 12.4 Å². The lowest BCUT2D eigenvalue weighted by Crippen LogP contribution is -2.62. The highest BCUT2D eigenvalue weighted by atomic mass is 35.5. The number of piperidine rings is 1. The van der Waals surface area contributed by atoms with Crippen molar-refractivity contribution in [3.05, 3.63) is 0 Å². The van der Waals surface area contributed by atoms with Crippen LogP contribution < -0.4 is 5.48 Å². The Morgan fingerprint density at radius 3 is 1.76 bits per heavy atom. The standard InChI is InChI=1S/C35H69N3O3.ClH/c1-4-5-6-7-8-9-10-11-12-13-14-15-16-17-18-19-20-21-22-27-35(40)38(31-25-29-37(2)3)30-24-23-26-34(38)28-32-41-36-33-39;/h33-34H,4-32H2,1-3H3;1H/p+1. The van der Waals surface area contributed by atoms with E-state index < -0.39 is 0 Å². The Balaban J connectivity index is 0.0000168. The first kappa shape index (κ1) is 41.3. The van der Waals surface area contributed by atoms with Crippen LogP contribution in [0.15, 0.2) is 0 Å². The fourth-order valence-corrected chi connectivity index (χ4v) is 6.88. The second-order valence-corrected chi connectivity index (χ2v) is 13.2. The molecule has 1 heterocycles. The lowest BCUT2D eigenvalue weighted by atomic mass is 9.93. The number of hydrogen-bond donors (Lipinski definition) is 1. The topological polar surface area (TPSA) is 58.6 Å². The highest BCUT2D eigenvalue weighted by Gasteiger charge is 2.44. The number of halogens is 1. The minimum absolute atomic E-state index is 0. The molecular formula is C35H71ClN3O3+. The van der Waals surface area contributed by atoms with Gasteiger partial charge in [0.2, 0.25) is 6.41 Å². The van der Waals surface area contributed by atoms with Crippen LogP contribution in [0.5, 0.6) is 0 Å². The molecule has 2 amide bonds. The molecule has 2 unspecified atom stereocenters. The van der Waals surface area contributed by atoms with E-state index in [0.717, 1.165) is 51.7 Å². The summed E-state index contributed by atoms with van der Waals surface area (Å²) in [7, 11) is 4.22. The van der Waals surface area contributed by atoms with Crippen LogP contribution in [0, 0.1) is 0 Å². The molecule has 1 aliphatic rings. The maximum absolute atomic E-state index is 13.7. The molecule has 0 bridgehead atoms. The number of nitrogens with one attached hydrogen (secondary N) is 1. The predicted octanol–water partition coefficient (Wildman–Crippen LogP) is 9.15. The van der Waals surface area contributed by atoms with Crippen LogP contribution in [0.2, 0.25) is 0 Å². The third kappa shape index (κ3) is 20.3. The fraction of sp³-hybridized carbons (Fsp3) is 0.943. The molecule has 1 saturated heterocycles. The first-order chi connectivity index (χ1) is 20.1. The van der Waals surface area contributed by atoms with Crippen molar-refractivity contribution in [1.29, 1.82) is 0 Å². The van der Waals surface area contributed by atoms with E-state index in [-0.39, 0.29) is 12.4 Å². The van der Waals surface area contributed by atoms with Crippen LogP contribution in [-0.2, 0) is 14.4 Å². The number of unbranched alkanes of at least 4 members (excludes halogenated alkanes) is 18. The van der Waals surface area contributed by atoms with Gasteiger partial charge in [-0.3, -0.25) is 14.1 Å². The van der Waals surface area contributed by atoms with Gasteiger partial charge in [-0.15, -0.1) is 12.4 Å². The van der Waals surface area contributed by atoms with E-state index in [9.17, 15) is 9.59 Å². The number of likely N-dealkylation sites (tertiary alicyclic amines) is 1. The minimum atomic E-state index is 0. The summed E-state index contributed by atoms with van der Waals surface area (Å²) in [6.07, 6.45) is 32.6. The maximum Gasteiger partial charge on any atom is 0.313 e. The van der Waals surface area contributed by atoms with Gasteiger partial charge in [-0.1, -0.05) is 122 Å². The summed E-state index contributed by atoms with van der Waals surface area (Å²) in [4.78, 5) is 31.7. The summed E-state index contributed by atoms with van der Waals surface area (Å²) in [5.41, 5.74) is 2.31. The number of carbonyl (C=O) groups is 2. The molecule has 250 valence electrons. The van der Waals surface area contributed by atoms with Crippen molar-refractivity contribution in [3.8, 4) is 0 Å². The third-order valence-electron chi connectivity index (χ3n) is 9.38. The van der Waals surface area contributed by atoms with Crippen molar-refractivity contribution >= 4 is 24.7 Å². The van der Waals surface area contributed by atoms with Crippen LogP contribution in [0.25, 0.3) is 0 Å². The van der Waals surface area contributed by atoms with Gasteiger partial charge in [-0.2, -0.15) is 0 Å². The summed E-state index contributed by atoms with van der Waals surface area (Å²) in [6, 6.07) is 0.312. The molecule has 0 radical (unpaired) electrons. The molecule has 0 aromatic carbocycles. The molecule has 42 heavy (non-hydrogen) atoms. The third-order valence-corrected chi connectivity index (χ3v) is 9.38. The molecule has 1 aliphatic heterocycles. The van der Waals surface area contributed by atoms with Gasteiger partial charge in [0, 0.05) is 25.8 Å². The summed E-state index contributed by atoms with van der Waals surface area (Å²) in [5, 5.41) is 0. The Hall–Kier alpha value is -0.690. The van der Waals surface area contributed by atoms with Gasteiger partial charge < -0.3 is 4.90 Å². The lowest BCUT2D eigenvalue weighted by molar-refractivity contribution is -0.886. The predicted molar refractivity (Wildman–Crippen MR) is 181 cm³/mol. The molecule has 1 rings (SSSR count). The van der Waals surface area contributed by atoms with Gasteiger partial charge in [0.15, 0.2) is 0 Å². The Labute approximate surface area is 267 Å². The van der Waals surface area contributed by atoms with E-state index in [1.54, 1.807) is 0 Å². The zero-order valence-electron chi connectivity index (χ0n) is 28.2. The van der Waals surface area contributed by atoms with E-state index in [2.05, 4.69) is 31.4 Å². The number of quaternary nitrogens is 1. The molecule has 0 saturated carbocycles. The molecule has 2 atom stereocenters. The van der Waals surface area contributed by atoms with Gasteiger partial charge in [0.1, 0.15) is 0 Å². The quantitative estimate of drug-likeness (QED) is 0.0394. The normalized spacial score (nSPS) is 18.6. The van der Waals surface area contributed by atoms with Crippen molar-refractivity contribution in [2.75, 3.05) is 40.3 Å². The largest absolute Gasteiger partial charge is 0.313 e. The summed E-state index contributed by atoms with van der Waals surface area (Å²) in [6.45, 7) is 5.69. The first-order valence-corrected chi connectivity index (χ1v) is 17.9. The number of nitrogens with zero attached hydrogens (tertiary/aromatic N) is 2. The van der Waals surface area contributed by atoms with Crippen molar-refractivity contribution < 1.29 is 18.9 Å². The smallest absolute Gasteiger partial charge is 0.309 e. The van der Waals surface area contributed by atoms with Crippen molar-refractivity contribution in [3.63, 3.8) is 0 Å². The average molecular weight is 617 g/mol. The number of hydroxylamine groups is 1.